The maximum absolute atomic E-state index is 12.9. The van der Waals surface area contributed by atoms with E-state index in [0.717, 1.165) is 35.9 Å². The highest BCUT2D eigenvalue weighted by Gasteiger charge is 2.35. The first kappa shape index (κ1) is 24.5. The molecule has 2 aliphatic heterocycles. The third kappa shape index (κ3) is 5.80. The Labute approximate surface area is 215 Å². The molecule has 0 radical (unpaired) electrons. The number of methoxy groups -OCH3 is 1. The number of hydrogen-bond donors (Lipinski definition) is 2. The molecular weight excluding hydrogens is 472 g/mol. The summed E-state index contributed by atoms with van der Waals surface area (Å²) in [5.74, 6) is 1.44. The molecule has 0 aliphatic carbocycles. The SMILES string of the molecule is COc1ccc(N2CC(C(=O)Nc3ccc(Nc4cc(C)nc(N5CCOCC5)n4)cc3)CC2=O)cc1. The fourth-order valence-corrected chi connectivity index (χ4v) is 4.45. The number of nitrogens with zero attached hydrogens (tertiary/aromatic N) is 4. The Kier molecular flexibility index (Phi) is 7.18. The van der Waals surface area contributed by atoms with Crippen LogP contribution in [-0.2, 0) is 14.3 Å². The molecule has 1 atom stereocenters. The highest BCUT2D eigenvalue weighted by atomic mass is 16.5. The first-order valence-electron chi connectivity index (χ1n) is 12.3. The summed E-state index contributed by atoms with van der Waals surface area (Å²) in [5.41, 5.74) is 3.13. The van der Waals surface area contributed by atoms with E-state index in [-0.39, 0.29) is 18.2 Å². The van der Waals surface area contributed by atoms with Gasteiger partial charge in [0, 0.05) is 54.9 Å². The Balaban J connectivity index is 1.19. The summed E-state index contributed by atoms with van der Waals surface area (Å²) in [5, 5.41) is 6.25. The first-order chi connectivity index (χ1) is 18.0. The Hall–Kier alpha value is -4.18. The minimum Gasteiger partial charge on any atom is -0.497 e. The highest BCUT2D eigenvalue weighted by molar-refractivity contribution is 6.03. The molecule has 2 aromatic carbocycles. The lowest BCUT2D eigenvalue weighted by molar-refractivity contribution is -0.122. The van der Waals surface area contributed by atoms with Crippen LogP contribution in [0, 0.1) is 12.8 Å². The summed E-state index contributed by atoms with van der Waals surface area (Å²) in [4.78, 5) is 38.4. The average Bonchev–Trinajstić information content (AvgIpc) is 3.32. The molecule has 2 N–H and O–H groups in total. The molecule has 192 valence electrons. The van der Waals surface area contributed by atoms with E-state index < -0.39 is 5.92 Å². The number of hydrogen-bond acceptors (Lipinski definition) is 8. The van der Waals surface area contributed by atoms with Gasteiger partial charge in [-0.25, -0.2) is 4.98 Å². The number of amides is 2. The van der Waals surface area contributed by atoms with Crippen LogP contribution in [-0.4, -0.2) is 61.7 Å². The number of benzene rings is 2. The maximum Gasteiger partial charge on any atom is 0.229 e. The summed E-state index contributed by atoms with van der Waals surface area (Å²) in [7, 11) is 1.60. The standard InChI is InChI=1S/C27H30N6O4/c1-18-15-24(31-27(28-18)32-11-13-37-14-12-32)29-20-3-5-21(6-4-20)30-26(35)19-16-25(34)33(17-19)22-7-9-23(36-2)10-8-22/h3-10,15,19H,11-14,16-17H2,1-2H3,(H,30,35)(H,28,29,31). The fraction of sp³-hybridized carbons (Fsp3) is 0.333. The number of carbonyl (C=O) groups is 2. The molecule has 3 heterocycles. The minimum atomic E-state index is -0.421. The van der Waals surface area contributed by atoms with E-state index in [1.807, 2.05) is 49.4 Å². The number of aryl methyl sites for hydroxylation is 1. The van der Waals surface area contributed by atoms with E-state index in [1.165, 1.54) is 0 Å². The van der Waals surface area contributed by atoms with Crippen molar-refractivity contribution in [3.05, 3.63) is 60.3 Å². The Morgan fingerprint density at radius 1 is 1.03 bits per heavy atom. The molecule has 5 rings (SSSR count). The number of ether oxygens (including phenoxy) is 2. The highest BCUT2D eigenvalue weighted by Crippen LogP contribution is 2.28. The van der Waals surface area contributed by atoms with Gasteiger partial charge in [-0.1, -0.05) is 0 Å². The second-order valence-electron chi connectivity index (χ2n) is 9.09. The first-order valence-corrected chi connectivity index (χ1v) is 12.3. The van der Waals surface area contributed by atoms with E-state index in [4.69, 9.17) is 9.47 Å². The largest absolute Gasteiger partial charge is 0.497 e. The van der Waals surface area contributed by atoms with Gasteiger partial charge in [0.05, 0.1) is 26.2 Å². The summed E-state index contributed by atoms with van der Waals surface area (Å²) in [6.07, 6.45) is 0.177. The third-order valence-corrected chi connectivity index (χ3v) is 6.44. The van der Waals surface area contributed by atoms with Crippen molar-refractivity contribution in [1.29, 1.82) is 0 Å². The molecule has 2 amide bonds. The molecule has 0 saturated carbocycles. The number of nitrogens with one attached hydrogen (secondary N) is 2. The van der Waals surface area contributed by atoms with Gasteiger partial charge in [-0.15, -0.1) is 0 Å². The molecule has 10 heteroatoms. The number of aromatic nitrogens is 2. The van der Waals surface area contributed by atoms with E-state index in [9.17, 15) is 9.59 Å². The van der Waals surface area contributed by atoms with Gasteiger partial charge in [-0.2, -0.15) is 4.98 Å². The second kappa shape index (κ2) is 10.8. The lowest BCUT2D eigenvalue weighted by Gasteiger charge is -2.27. The van der Waals surface area contributed by atoms with Crippen LogP contribution in [0.5, 0.6) is 5.75 Å². The summed E-state index contributed by atoms with van der Waals surface area (Å²) in [6, 6.07) is 16.6. The zero-order valence-corrected chi connectivity index (χ0v) is 20.9. The Bertz CT molecular complexity index is 1260. The van der Waals surface area contributed by atoms with Gasteiger partial charge in [-0.05, 0) is 55.5 Å². The molecule has 2 aliphatic rings. The number of carbonyl (C=O) groups excluding carboxylic acids is 2. The zero-order chi connectivity index (χ0) is 25.8. The minimum absolute atomic E-state index is 0.0681. The van der Waals surface area contributed by atoms with Crippen molar-refractivity contribution in [1.82, 2.24) is 9.97 Å². The molecule has 3 aromatic rings. The van der Waals surface area contributed by atoms with Crippen molar-refractivity contribution in [3.63, 3.8) is 0 Å². The van der Waals surface area contributed by atoms with Crippen molar-refractivity contribution in [3.8, 4) is 5.75 Å². The van der Waals surface area contributed by atoms with Crippen LogP contribution in [0.4, 0.5) is 28.8 Å². The smallest absolute Gasteiger partial charge is 0.229 e. The van der Waals surface area contributed by atoms with E-state index in [2.05, 4.69) is 25.5 Å². The molecule has 0 spiro atoms. The Morgan fingerprint density at radius 2 is 1.73 bits per heavy atom. The van der Waals surface area contributed by atoms with Gasteiger partial charge in [0.25, 0.3) is 0 Å². The topological polar surface area (TPSA) is 109 Å². The molecule has 2 saturated heterocycles. The molecule has 0 bridgehead atoms. The van der Waals surface area contributed by atoms with Gasteiger partial charge in [0.1, 0.15) is 11.6 Å². The van der Waals surface area contributed by atoms with E-state index in [1.54, 1.807) is 24.1 Å². The average molecular weight is 503 g/mol. The Morgan fingerprint density at radius 3 is 2.43 bits per heavy atom. The monoisotopic (exact) mass is 502 g/mol. The van der Waals surface area contributed by atoms with Crippen molar-refractivity contribution < 1.29 is 19.1 Å². The normalized spacial score (nSPS) is 17.6. The van der Waals surface area contributed by atoms with Crippen molar-refractivity contribution in [2.75, 3.05) is 60.4 Å². The molecular formula is C27H30N6O4. The van der Waals surface area contributed by atoms with Crippen LogP contribution in [0.15, 0.2) is 54.6 Å². The molecule has 37 heavy (non-hydrogen) atoms. The van der Waals surface area contributed by atoms with Crippen LogP contribution >= 0.6 is 0 Å². The molecule has 1 aromatic heterocycles. The van der Waals surface area contributed by atoms with Crippen molar-refractivity contribution >= 4 is 40.6 Å². The molecule has 1 unspecified atom stereocenters. The van der Waals surface area contributed by atoms with Crippen LogP contribution < -0.4 is 25.2 Å². The lowest BCUT2D eigenvalue weighted by Crippen LogP contribution is -2.37. The molecule has 10 nitrogen and oxygen atoms in total. The van der Waals surface area contributed by atoms with E-state index in [0.29, 0.717) is 37.2 Å². The number of anilines is 5. The van der Waals surface area contributed by atoms with Crippen LogP contribution in [0.1, 0.15) is 12.1 Å². The lowest BCUT2D eigenvalue weighted by atomic mass is 10.1. The van der Waals surface area contributed by atoms with Gasteiger partial charge in [-0.3, -0.25) is 9.59 Å². The summed E-state index contributed by atoms with van der Waals surface area (Å²) >= 11 is 0. The maximum atomic E-state index is 12.9. The van der Waals surface area contributed by atoms with Crippen molar-refractivity contribution in [2.24, 2.45) is 5.92 Å². The fourth-order valence-electron chi connectivity index (χ4n) is 4.45. The third-order valence-electron chi connectivity index (χ3n) is 6.44. The quantitative estimate of drug-likeness (QED) is 0.506. The van der Waals surface area contributed by atoms with Gasteiger partial charge in [0.2, 0.25) is 17.8 Å². The second-order valence-corrected chi connectivity index (χ2v) is 9.09. The number of morpholine rings is 1. The predicted octanol–water partition coefficient (Wildman–Crippen LogP) is 3.37. The van der Waals surface area contributed by atoms with Crippen LogP contribution in [0.25, 0.3) is 0 Å². The summed E-state index contributed by atoms with van der Waals surface area (Å²) in [6.45, 7) is 5.15. The predicted molar refractivity (Wildman–Crippen MR) is 142 cm³/mol. The van der Waals surface area contributed by atoms with Gasteiger partial charge >= 0.3 is 0 Å². The van der Waals surface area contributed by atoms with Crippen LogP contribution in [0.3, 0.4) is 0 Å². The van der Waals surface area contributed by atoms with Crippen LogP contribution in [0.2, 0.25) is 0 Å². The van der Waals surface area contributed by atoms with Gasteiger partial charge in [0.15, 0.2) is 0 Å². The van der Waals surface area contributed by atoms with E-state index >= 15 is 0 Å². The zero-order valence-electron chi connectivity index (χ0n) is 20.9. The van der Waals surface area contributed by atoms with Crippen molar-refractivity contribution in [2.45, 2.75) is 13.3 Å². The summed E-state index contributed by atoms with van der Waals surface area (Å²) < 4.78 is 10.6. The molecule has 2 fully saturated rings. The van der Waals surface area contributed by atoms with Gasteiger partial charge < -0.3 is 29.9 Å². The number of rotatable bonds is 7.